The van der Waals surface area contributed by atoms with Crippen molar-refractivity contribution in [2.75, 3.05) is 0 Å². The van der Waals surface area contributed by atoms with E-state index in [1.807, 2.05) is 113 Å². The predicted molar refractivity (Wildman–Crippen MR) is 150 cm³/mol. The second-order valence-electron chi connectivity index (χ2n) is 8.90. The van der Waals surface area contributed by atoms with E-state index in [-0.39, 0.29) is 11.5 Å². The third kappa shape index (κ3) is 5.87. The highest BCUT2D eigenvalue weighted by molar-refractivity contribution is 7.99. The van der Waals surface area contributed by atoms with Crippen LogP contribution in [0.1, 0.15) is 47.2 Å². The Kier molecular flexibility index (Phi) is 7.48. The molecule has 3 heteroatoms. The zero-order chi connectivity index (χ0) is 24.9. The summed E-state index contributed by atoms with van der Waals surface area (Å²) in [5, 5.41) is 22.4. The Morgan fingerprint density at radius 1 is 0.600 bits per heavy atom. The fraction of sp³-hybridized carbons (Fsp3) is 0.125. The fourth-order valence-electron chi connectivity index (χ4n) is 4.12. The molecule has 0 aromatic heterocycles. The summed E-state index contributed by atoms with van der Waals surface area (Å²) in [4.78, 5) is 1.44. The van der Waals surface area contributed by atoms with Crippen LogP contribution in [-0.2, 0) is 0 Å². The van der Waals surface area contributed by atoms with Crippen LogP contribution in [0.4, 0.5) is 0 Å². The molecule has 0 spiro atoms. The van der Waals surface area contributed by atoms with Gasteiger partial charge in [0.05, 0.1) is 9.79 Å². The summed E-state index contributed by atoms with van der Waals surface area (Å²) in [5.74, 6) is 0.452. The van der Waals surface area contributed by atoms with E-state index in [1.165, 1.54) is 11.8 Å². The Balaban J connectivity index is 1.72. The average molecular weight is 479 g/mol. The lowest BCUT2D eigenvalue weighted by molar-refractivity contribution is 0.458. The molecule has 4 aromatic rings. The second kappa shape index (κ2) is 10.7. The molecule has 0 aliphatic carbocycles. The van der Waals surface area contributed by atoms with Crippen molar-refractivity contribution in [1.82, 2.24) is 0 Å². The van der Waals surface area contributed by atoms with Crippen molar-refractivity contribution in [3.8, 4) is 11.5 Å². The van der Waals surface area contributed by atoms with E-state index in [4.69, 9.17) is 0 Å². The maximum absolute atomic E-state index is 11.2. The van der Waals surface area contributed by atoms with Gasteiger partial charge in [0, 0.05) is 11.1 Å². The smallest absolute Gasteiger partial charge is 0.136 e. The van der Waals surface area contributed by atoms with Crippen LogP contribution < -0.4 is 0 Å². The van der Waals surface area contributed by atoms with Gasteiger partial charge in [-0.3, -0.25) is 0 Å². The number of phenols is 2. The number of hydrogen-bond donors (Lipinski definition) is 2. The summed E-state index contributed by atoms with van der Waals surface area (Å²) < 4.78 is 0. The van der Waals surface area contributed by atoms with Crippen LogP contribution in [0.3, 0.4) is 0 Å². The molecule has 2 N–H and O–H groups in total. The van der Waals surface area contributed by atoms with Crippen molar-refractivity contribution >= 4 is 35.1 Å². The molecule has 0 atom stereocenters. The lowest BCUT2D eigenvalue weighted by atomic mass is 10.0. The maximum Gasteiger partial charge on any atom is 0.136 e. The first kappa shape index (κ1) is 24.4. The summed E-state index contributed by atoms with van der Waals surface area (Å²) in [5.41, 5.74) is 7.82. The molecule has 0 heterocycles. The molecule has 0 aliphatic rings. The van der Waals surface area contributed by atoms with E-state index in [2.05, 4.69) is 12.2 Å². The monoisotopic (exact) mass is 478 g/mol. The van der Waals surface area contributed by atoms with Crippen molar-refractivity contribution < 1.29 is 10.2 Å². The fourth-order valence-corrected chi connectivity index (χ4v) is 5.26. The van der Waals surface area contributed by atoms with Crippen molar-refractivity contribution in [2.45, 2.75) is 37.5 Å². The van der Waals surface area contributed by atoms with Gasteiger partial charge in [0.15, 0.2) is 0 Å². The number of aromatic hydroxyl groups is 2. The molecule has 0 saturated heterocycles. The van der Waals surface area contributed by atoms with Crippen molar-refractivity contribution in [2.24, 2.45) is 0 Å². The van der Waals surface area contributed by atoms with Gasteiger partial charge in [-0.15, -0.1) is 0 Å². The Morgan fingerprint density at radius 3 is 1.34 bits per heavy atom. The van der Waals surface area contributed by atoms with E-state index >= 15 is 0 Å². The maximum atomic E-state index is 11.2. The van der Waals surface area contributed by atoms with Crippen LogP contribution in [0.5, 0.6) is 11.5 Å². The van der Waals surface area contributed by atoms with Gasteiger partial charge in [-0.05, 0) is 85.4 Å². The second-order valence-corrected chi connectivity index (χ2v) is 9.98. The van der Waals surface area contributed by atoms with Gasteiger partial charge in [0.25, 0.3) is 0 Å². The zero-order valence-electron chi connectivity index (χ0n) is 20.5. The van der Waals surface area contributed by atoms with E-state index in [0.717, 1.165) is 54.3 Å². The summed E-state index contributed by atoms with van der Waals surface area (Å²) in [6.45, 7) is 8.07. The van der Waals surface area contributed by atoms with Crippen LogP contribution >= 0.6 is 11.8 Å². The first-order chi connectivity index (χ1) is 16.8. The molecule has 4 rings (SSSR count). The van der Waals surface area contributed by atoms with Crippen LogP contribution in [0.2, 0.25) is 0 Å². The summed E-state index contributed by atoms with van der Waals surface area (Å²) >= 11 is 1.39. The van der Waals surface area contributed by atoms with E-state index < -0.39 is 0 Å². The number of aryl methyl sites for hydroxylation is 2. The summed E-state index contributed by atoms with van der Waals surface area (Å²) in [6.07, 6.45) is 4.14. The molecule has 4 aromatic carbocycles. The highest BCUT2D eigenvalue weighted by atomic mass is 32.2. The van der Waals surface area contributed by atoms with E-state index in [1.54, 1.807) is 0 Å². The highest BCUT2D eigenvalue weighted by Crippen LogP contribution is 2.45. The van der Waals surface area contributed by atoms with Gasteiger partial charge < -0.3 is 10.2 Å². The van der Waals surface area contributed by atoms with Crippen LogP contribution in [-0.4, -0.2) is 10.2 Å². The van der Waals surface area contributed by atoms with Crippen LogP contribution in [0.25, 0.3) is 23.3 Å². The first-order valence-corrected chi connectivity index (χ1v) is 12.5. The van der Waals surface area contributed by atoms with Gasteiger partial charge in [0.1, 0.15) is 11.5 Å². The quantitative estimate of drug-likeness (QED) is 0.272. The molecule has 2 nitrogen and oxygen atoms in total. The Labute approximate surface area is 212 Å². The zero-order valence-corrected chi connectivity index (χ0v) is 21.4. The van der Waals surface area contributed by atoms with Gasteiger partial charge >= 0.3 is 0 Å². The SMILES string of the molecule is CC(=Cc1ccccc1)c1cc(C)cc(Sc2cc(C)cc(C(C)=Cc3ccccc3)c2O)c1O. The molecule has 176 valence electrons. The predicted octanol–water partition coefficient (Wildman–Crippen LogP) is 8.99. The third-order valence-corrected chi connectivity index (χ3v) is 6.94. The van der Waals surface area contributed by atoms with Crippen molar-refractivity contribution in [3.63, 3.8) is 0 Å². The molecule has 0 aliphatic heterocycles. The van der Waals surface area contributed by atoms with Crippen LogP contribution in [0, 0.1) is 13.8 Å². The minimum absolute atomic E-state index is 0.226. The number of rotatable bonds is 6. The van der Waals surface area contributed by atoms with Crippen LogP contribution in [0.15, 0.2) is 94.7 Å². The summed E-state index contributed by atoms with van der Waals surface area (Å²) in [7, 11) is 0. The lowest BCUT2D eigenvalue weighted by Crippen LogP contribution is -1.90. The van der Waals surface area contributed by atoms with E-state index in [0.29, 0.717) is 0 Å². The standard InChI is InChI=1S/C32H30O2S/c1-21-15-27(23(3)19-25-11-7-5-8-12-25)31(33)29(17-21)35-30-18-22(2)16-28(32(30)34)24(4)20-26-13-9-6-10-14-26/h5-20,33-34H,1-4H3. The van der Waals surface area contributed by atoms with Gasteiger partial charge in [-0.2, -0.15) is 0 Å². The normalized spacial score (nSPS) is 12.1. The van der Waals surface area contributed by atoms with Gasteiger partial charge in [-0.1, -0.05) is 84.6 Å². The number of benzene rings is 4. The minimum Gasteiger partial charge on any atom is -0.506 e. The molecule has 35 heavy (non-hydrogen) atoms. The molecule has 0 unspecified atom stereocenters. The molecule has 0 amide bonds. The number of hydrogen-bond acceptors (Lipinski definition) is 3. The molecule has 0 radical (unpaired) electrons. The average Bonchev–Trinajstić information content (AvgIpc) is 2.84. The Morgan fingerprint density at radius 2 is 0.971 bits per heavy atom. The molecule has 0 fully saturated rings. The molecular formula is C32H30O2S. The molecular weight excluding hydrogens is 448 g/mol. The first-order valence-electron chi connectivity index (χ1n) is 11.6. The largest absolute Gasteiger partial charge is 0.506 e. The number of allylic oxidation sites excluding steroid dienone is 2. The molecule has 0 bridgehead atoms. The Bertz CT molecular complexity index is 1290. The number of phenolic OH excluding ortho intramolecular Hbond substituents is 2. The lowest BCUT2D eigenvalue weighted by Gasteiger charge is -2.15. The highest BCUT2D eigenvalue weighted by Gasteiger charge is 2.16. The Hall–Kier alpha value is -3.69. The summed E-state index contributed by atoms with van der Waals surface area (Å²) in [6, 6.07) is 28.1. The molecule has 0 saturated carbocycles. The third-order valence-electron chi connectivity index (χ3n) is 5.87. The minimum atomic E-state index is 0.226. The van der Waals surface area contributed by atoms with Gasteiger partial charge in [0.2, 0.25) is 0 Å². The van der Waals surface area contributed by atoms with Crippen molar-refractivity contribution in [1.29, 1.82) is 0 Å². The topological polar surface area (TPSA) is 40.5 Å². The van der Waals surface area contributed by atoms with E-state index in [9.17, 15) is 10.2 Å². The van der Waals surface area contributed by atoms with Crippen molar-refractivity contribution in [3.05, 3.63) is 118 Å². The van der Waals surface area contributed by atoms with Gasteiger partial charge in [-0.25, -0.2) is 0 Å².